The third-order valence-electron chi connectivity index (χ3n) is 3.08. The second-order valence-electron chi connectivity index (χ2n) is 4.77. The largest absolute Gasteiger partial charge is 0.377 e. The van der Waals surface area contributed by atoms with Gasteiger partial charge in [-0.25, -0.2) is 0 Å². The van der Waals surface area contributed by atoms with Gasteiger partial charge in [0, 0.05) is 12.6 Å². The summed E-state index contributed by atoms with van der Waals surface area (Å²) >= 11 is 0. The Bertz CT molecular complexity index is 147. The van der Waals surface area contributed by atoms with Crippen LogP contribution in [0.3, 0.4) is 0 Å². The molecule has 0 aromatic carbocycles. The number of hydrogen-bond donors (Lipinski definition) is 1. The predicted octanol–water partition coefficient (Wildman–Crippen LogP) is 2.58. The molecule has 0 radical (unpaired) electrons. The first kappa shape index (κ1) is 12.0. The summed E-state index contributed by atoms with van der Waals surface area (Å²) in [5, 5.41) is 3.34. The highest BCUT2D eigenvalue weighted by Crippen LogP contribution is 2.22. The van der Waals surface area contributed by atoms with Gasteiger partial charge in [-0.3, -0.25) is 0 Å². The van der Waals surface area contributed by atoms with Crippen LogP contribution in [0.2, 0.25) is 0 Å². The molecule has 0 bridgehead atoms. The van der Waals surface area contributed by atoms with Crippen LogP contribution in [0.25, 0.3) is 0 Å². The zero-order valence-corrected chi connectivity index (χ0v) is 9.88. The molecule has 1 N–H and O–H groups in total. The van der Waals surface area contributed by atoms with Gasteiger partial charge in [0.05, 0.1) is 6.10 Å². The minimum Gasteiger partial charge on any atom is -0.377 e. The van der Waals surface area contributed by atoms with Crippen molar-refractivity contribution in [2.75, 3.05) is 13.7 Å². The topological polar surface area (TPSA) is 21.3 Å². The number of likely N-dealkylation sites (N-methyl/N-ethyl adjacent to an activating group) is 1. The maximum atomic E-state index is 5.89. The van der Waals surface area contributed by atoms with Gasteiger partial charge in [-0.2, -0.15) is 0 Å². The van der Waals surface area contributed by atoms with E-state index in [4.69, 9.17) is 4.74 Å². The van der Waals surface area contributed by atoms with E-state index in [1.165, 1.54) is 32.1 Å². The van der Waals surface area contributed by atoms with Crippen molar-refractivity contribution >= 4 is 0 Å². The highest BCUT2D eigenvalue weighted by Gasteiger charge is 2.25. The van der Waals surface area contributed by atoms with Gasteiger partial charge >= 0.3 is 0 Å². The van der Waals surface area contributed by atoms with Crippen LogP contribution in [-0.2, 0) is 4.74 Å². The summed E-state index contributed by atoms with van der Waals surface area (Å²) in [6.07, 6.45) is 6.83. The third kappa shape index (κ3) is 3.97. The zero-order valence-electron chi connectivity index (χ0n) is 9.88. The molecule has 14 heavy (non-hydrogen) atoms. The number of ether oxygens (including phenoxy) is 1. The van der Waals surface area contributed by atoms with Gasteiger partial charge in [-0.05, 0) is 45.1 Å². The molecule has 1 aliphatic carbocycles. The summed E-state index contributed by atoms with van der Waals surface area (Å²) in [5.41, 5.74) is 0. The molecule has 0 aromatic heterocycles. The number of rotatable bonds is 6. The average Bonchev–Trinajstić information content (AvgIpc) is 2.59. The molecular formula is C12H25NO. The van der Waals surface area contributed by atoms with Gasteiger partial charge in [0.15, 0.2) is 0 Å². The molecule has 0 heterocycles. The lowest BCUT2D eigenvalue weighted by molar-refractivity contribution is 0.0382. The SMILES string of the molecule is CNC1CCCC1OCCCC(C)C. The highest BCUT2D eigenvalue weighted by molar-refractivity contribution is 4.82. The Balaban J connectivity index is 2.05. The lowest BCUT2D eigenvalue weighted by atomic mass is 10.1. The van der Waals surface area contributed by atoms with E-state index >= 15 is 0 Å². The van der Waals surface area contributed by atoms with E-state index in [1.54, 1.807) is 0 Å². The lowest BCUT2D eigenvalue weighted by Crippen LogP contribution is -2.34. The Morgan fingerprint density at radius 3 is 2.79 bits per heavy atom. The molecule has 2 unspecified atom stereocenters. The summed E-state index contributed by atoms with van der Waals surface area (Å²) in [4.78, 5) is 0. The van der Waals surface area contributed by atoms with E-state index in [0.29, 0.717) is 12.1 Å². The molecule has 2 heteroatoms. The van der Waals surface area contributed by atoms with Crippen molar-refractivity contribution in [1.29, 1.82) is 0 Å². The van der Waals surface area contributed by atoms with Crippen LogP contribution in [0.1, 0.15) is 46.0 Å². The van der Waals surface area contributed by atoms with Crippen molar-refractivity contribution in [3.63, 3.8) is 0 Å². The summed E-state index contributed by atoms with van der Waals surface area (Å²) < 4.78 is 5.89. The first-order valence-electron chi connectivity index (χ1n) is 6.03. The standard InChI is InChI=1S/C12H25NO/c1-10(2)6-5-9-14-12-8-4-7-11(12)13-3/h10-13H,4-9H2,1-3H3. The van der Waals surface area contributed by atoms with Crippen molar-refractivity contribution in [3.05, 3.63) is 0 Å². The van der Waals surface area contributed by atoms with Gasteiger partial charge < -0.3 is 10.1 Å². The minimum atomic E-state index is 0.479. The van der Waals surface area contributed by atoms with Crippen molar-refractivity contribution in [2.24, 2.45) is 5.92 Å². The molecule has 0 aromatic rings. The quantitative estimate of drug-likeness (QED) is 0.664. The summed E-state index contributed by atoms with van der Waals surface area (Å²) in [5.74, 6) is 0.808. The minimum absolute atomic E-state index is 0.479. The van der Waals surface area contributed by atoms with Crippen LogP contribution < -0.4 is 5.32 Å². The van der Waals surface area contributed by atoms with E-state index in [9.17, 15) is 0 Å². The van der Waals surface area contributed by atoms with Crippen LogP contribution in [0.4, 0.5) is 0 Å². The van der Waals surface area contributed by atoms with Crippen LogP contribution in [0, 0.1) is 5.92 Å². The molecule has 2 nitrogen and oxygen atoms in total. The Morgan fingerprint density at radius 1 is 1.36 bits per heavy atom. The zero-order chi connectivity index (χ0) is 10.4. The van der Waals surface area contributed by atoms with E-state index in [2.05, 4.69) is 19.2 Å². The fourth-order valence-corrected chi connectivity index (χ4v) is 2.18. The molecule has 1 rings (SSSR count). The Hall–Kier alpha value is -0.0800. The average molecular weight is 199 g/mol. The molecular weight excluding hydrogens is 174 g/mol. The van der Waals surface area contributed by atoms with Crippen LogP contribution in [-0.4, -0.2) is 25.8 Å². The third-order valence-corrected chi connectivity index (χ3v) is 3.08. The maximum absolute atomic E-state index is 5.89. The fourth-order valence-electron chi connectivity index (χ4n) is 2.18. The van der Waals surface area contributed by atoms with E-state index in [0.717, 1.165) is 12.5 Å². The Labute approximate surface area is 88.4 Å². The first-order chi connectivity index (χ1) is 6.74. The lowest BCUT2D eigenvalue weighted by Gasteiger charge is -2.19. The van der Waals surface area contributed by atoms with Gasteiger partial charge in [0.25, 0.3) is 0 Å². The highest BCUT2D eigenvalue weighted by atomic mass is 16.5. The molecule has 0 amide bonds. The second-order valence-corrected chi connectivity index (χ2v) is 4.77. The molecule has 0 aliphatic heterocycles. The van der Waals surface area contributed by atoms with E-state index in [1.807, 2.05) is 7.05 Å². The van der Waals surface area contributed by atoms with Gasteiger partial charge in [-0.15, -0.1) is 0 Å². The smallest absolute Gasteiger partial charge is 0.0727 e. The van der Waals surface area contributed by atoms with Crippen LogP contribution in [0.5, 0.6) is 0 Å². The van der Waals surface area contributed by atoms with E-state index in [-0.39, 0.29) is 0 Å². The van der Waals surface area contributed by atoms with Gasteiger partial charge in [0.2, 0.25) is 0 Å². The van der Waals surface area contributed by atoms with Crippen molar-refractivity contribution in [3.8, 4) is 0 Å². The molecule has 2 atom stereocenters. The predicted molar refractivity (Wildman–Crippen MR) is 60.5 cm³/mol. The Kier molecular flexibility index (Phi) is 5.49. The number of nitrogens with one attached hydrogen (secondary N) is 1. The molecule has 84 valence electrons. The van der Waals surface area contributed by atoms with Crippen molar-refractivity contribution in [1.82, 2.24) is 5.32 Å². The monoisotopic (exact) mass is 199 g/mol. The fraction of sp³-hybridized carbons (Fsp3) is 1.00. The van der Waals surface area contributed by atoms with Gasteiger partial charge in [-0.1, -0.05) is 13.8 Å². The molecule has 1 fully saturated rings. The van der Waals surface area contributed by atoms with Crippen LogP contribution in [0.15, 0.2) is 0 Å². The summed E-state index contributed by atoms with van der Waals surface area (Å²) in [6.45, 7) is 5.49. The van der Waals surface area contributed by atoms with Gasteiger partial charge in [0.1, 0.15) is 0 Å². The maximum Gasteiger partial charge on any atom is 0.0727 e. The summed E-state index contributed by atoms with van der Waals surface area (Å²) in [7, 11) is 2.04. The van der Waals surface area contributed by atoms with Crippen molar-refractivity contribution < 1.29 is 4.74 Å². The number of hydrogen-bond acceptors (Lipinski definition) is 2. The summed E-state index contributed by atoms with van der Waals surface area (Å²) in [6, 6.07) is 0.606. The molecule has 0 saturated heterocycles. The Morgan fingerprint density at radius 2 is 2.14 bits per heavy atom. The molecule has 1 aliphatic rings. The van der Waals surface area contributed by atoms with E-state index < -0.39 is 0 Å². The van der Waals surface area contributed by atoms with Crippen molar-refractivity contribution in [2.45, 2.75) is 58.1 Å². The van der Waals surface area contributed by atoms with Crippen LogP contribution >= 0.6 is 0 Å². The molecule has 1 saturated carbocycles. The first-order valence-corrected chi connectivity index (χ1v) is 6.03. The normalized spacial score (nSPS) is 27.4. The molecule has 0 spiro atoms. The second kappa shape index (κ2) is 6.41.